The molecule has 340 valence electrons. The second kappa shape index (κ2) is 40.8. The minimum Gasteiger partial charge on any atom is -0.462 e. The number of aliphatic hydroxyl groups excluding tert-OH is 1. The lowest BCUT2D eigenvalue weighted by atomic mass is 10.1. The molecule has 0 amide bonds. The summed E-state index contributed by atoms with van der Waals surface area (Å²) in [5.74, 6) is -0.893. The number of esters is 2. The molecule has 0 spiro atoms. The molecule has 0 radical (unpaired) electrons. The maximum Gasteiger partial charge on any atom is 0.472 e. The number of hydrogen-bond donors (Lipinski definition) is 2. The summed E-state index contributed by atoms with van der Waals surface area (Å²) in [6.45, 7) is 2.31. The average molecular weight is 851 g/mol. The van der Waals surface area contributed by atoms with Crippen molar-refractivity contribution in [2.75, 3.05) is 54.1 Å². The highest BCUT2D eigenvalue weighted by Gasteiger charge is 2.27. The molecule has 10 nitrogen and oxygen atoms in total. The van der Waals surface area contributed by atoms with E-state index in [2.05, 4.69) is 73.8 Å². The first-order valence-corrected chi connectivity index (χ1v) is 24.3. The van der Waals surface area contributed by atoms with Crippen molar-refractivity contribution in [1.82, 2.24) is 0 Å². The lowest BCUT2D eigenvalue weighted by molar-refractivity contribution is -0.870. The van der Waals surface area contributed by atoms with Crippen LogP contribution >= 0.6 is 7.82 Å². The Morgan fingerprint density at radius 3 is 1.51 bits per heavy atom. The third-order valence-electron chi connectivity index (χ3n) is 9.26. The third-order valence-corrected chi connectivity index (χ3v) is 10.2. The fourth-order valence-corrected chi connectivity index (χ4v) is 6.40. The number of likely N-dealkylation sites (N-methyl/N-ethyl adjacent to an activating group) is 1. The molecule has 0 aliphatic rings. The van der Waals surface area contributed by atoms with Gasteiger partial charge >= 0.3 is 19.8 Å². The highest BCUT2D eigenvalue weighted by molar-refractivity contribution is 7.47. The Balaban J connectivity index is 4.45. The smallest absolute Gasteiger partial charge is 0.462 e. The molecule has 0 saturated carbocycles. The summed E-state index contributed by atoms with van der Waals surface area (Å²) in [6.07, 6.45) is 48.2. The number of phosphoric acid groups is 1. The summed E-state index contributed by atoms with van der Waals surface area (Å²) in [5.41, 5.74) is 0. The molecule has 0 bridgehead atoms. The fourth-order valence-electron chi connectivity index (χ4n) is 5.66. The summed E-state index contributed by atoms with van der Waals surface area (Å²) in [6, 6.07) is 0. The van der Waals surface area contributed by atoms with Crippen LogP contribution in [0.5, 0.6) is 0 Å². The molecule has 0 aromatic heterocycles. The van der Waals surface area contributed by atoms with Crippen molar-refractivity contribution in [3.05, 3.63) is 72.9 Å². The Morgan fingerprint density at radius 1 is 0.559 bits per heavy atom. The van der Waals surface area contributed by atoms with Crippen LogP contribution in [0.2, 0.25) is 0 Å². The number of nitrogens with zero attached hydrogens (tertiary/aromatic N) is 1. The molecular weight excluding hydrogens is 765 g/mol. The molecule has 0 fully saturated rings. The number of unbranched alkanes of at least 4 members (excludes halogenated alkanes) is 14. The summed E-state index contributed by atoms with van der Waals surface area (Å²) in [5, 5.41) is 8.80. The quantitative estimate of drug-likeness (QED) is 0.0203. The Morgan fingerprint density at radius 2 is 1.00 bits per heavy atom. The Kier molecular flexibility index (Phi) is 39.0. The molecule has 0 saturated heterocycles. The predicted molar refractivity (Wildman–Crippen MR) is 244 cm³/mol. The van der Waals surface area contributed by atoms with Gasteiger partial charge in [0.05, 0.1) is 27.7 Å². The number of quaternary nitrogens is 1. The molecule has 2 N–H and O–H groups in total. The standard InChI is InChI=1S/C48H84NO9P/c1-5-6-7-8-9-10-11-12-13-15-18-21-24-27-30-33-36-39-47(51)55-44-46(45-57-59(53,54)56-43-41-49(2,3)4)58-48(52)40-37-34-31-28-25-22-19-16-14-17-20-23-26-29-32-35-38-42-50/h9-10,12-14,17,19,22-23,26,28,31,46,50H,5-8,11,15-16,18,20-21,24-25,27,29-30,32-45H2,1-4H3/p+1/b10-9-,13-12-,17-14-,22-19-,26-23-,31-28-/t46-/m1/s1. The molecule has 0 heterocycles. The van der Waals surface area contributed by atoms with E-state index in [1.165, 1.54) is 44.9 Å². The van der Waals surface area contributed by atoms with Crippen molar-refractivity contribution >= 4 is 19.8 Å². The van der Waals surface area contributed by atoms with Crippen LogP contribution in [-0.4, -0.2) is 86.6 Å². The monoisotopic (exact) mass is 851 g/mol. The van der Waals surface area contributed by atoms with E-state index in [9.17, 15) is 19.0 Å². The second-order valence-electron chi connectivity index (χ2n) is 16.2. The summed E-state index contributed by atoms with van der Waals surface area (Å²) < 4.78 is 34.2. The summed E-state index contributed by atoms with van der Waals surface area (Å²) in [4.78, 5) is 35.4. The normalized spacial score (nSPS) is 14.2. The zero-order valence-electron chi connectivity index (χ0n) is 37.7. The highest BCUT2D eigenvalue weighted by atomic mass is 31.2. The minimum atomic E-state index is -4.40. The number of allylic oxidation sites excluding steroid dienone is 12. The van der Waals surface area contributed by atoms with Crippen LogP contribution in [0.1, 0.15) is 161 Å². The van der Waals surface area contributed by atoms with Crippen molar-refractivity contribution in [2.45, 2.75) is 167 Å². The van der Waals surface area contributed by atoms with E-state index < -0.39 is 32.5 Å². The number of carbonyl (C=O) groups excluding carboxylic acids is 2. The van der Waals surface area contributed by atoms with E-state index in [0.29, 0.717) is 30.3 Å². The van der Waals surface area contributed by atoms with Crippen molar-refractivity contribution in [1.29, 1.82) is 0 Å². The molecule has 0 aromatic rings. The molecule has 0 aliphatic heterocycles. The zero-order chi connectivity index (χ0) is 43.6. The Hall–Kier alpha value is -2.59. The van der Waals surface area contributed by atoms with Crippen molar-refractivity contribution in [3.8, 4) is 0 Å². The molecule has 0 aromatic carbocycles. The largest absolute Gasteiger partial charge is 0.472 e. The fraction of sp³-hybridized carbons (Fsp3) is 0.708. The number of rotatable bonds is 41. The van der Waals surface area contributed by atoms with Gasteiger partial charge in [-0.3, -0.25) is 18.6 Å². The molecular formula is C48H85NO9P+. The van der Waals surface area contributed by atoms with Gasteiger partial charge < -0.3 is 24.0 Å². The molecule has 11 heteroatoms. The lowest BCUT2D eigenvalue weighted by Crippen LogP contribution is -2.37. The van der Waals surface area contributed by atoms with Crippen LogP contribution < -0.4 is 0 Å². The summed E-state index contributed by atoms with van der Waals surface area (Å²) >= 11 is 0. The highest BCUT2D eigenvalue weighted by Crippen LogP contribution is 2.43. The SMILES string of the molecule is CCCCC/C=C\C/C=C\CCCCCCCCCC(=O)OC[C@H](COP(=O)(O)OCC[N+](C)(C)C)OC(=O)CCC/C=C\C/C=C\C/C=C\C/C=C\CCCCCO. The molecule has 0 aliphatic carbocycles. The van der Waals surface area contributed by atoms with Crippen LogP contribution in [0.3, 0.4) is 0 Å². The topological polar surface area (TPSA) is 129 Å². The van der Waals surface area contributed by atoms with Gasteiger partial charge in [-0.1, -0.05) is 131 Å². The number of phosphoric ester groups is 1. The lowest BCUT2D eigenvalue weighted by Gasteiger charge is -2.24. The van der Waals surface area contributed by atoms with Gasteiger partial charge in [0.1, 0.15) is 19.8 Å². The second-order valence-corrected chi connectivity index (χ2v) is 17.6. The zero-order valence-corrected chi connectivity index (χ0v) is 38.6. The van der Waals surface area contributed by atoms with Crippen LogP contribution in [-0.2, 0) is 32.7 Å². The van der Waals surface area contributed by atoms with Crippen molar-refractivity contribution in [3.63, 3.8) is 0 Å². The first-order valence-electron chi connectivity index (χ1n) is 22.8. The van der Waals surface area contributed by atoms with E-state index in [1.54, 1.807) is 0 Å². The molecule has 0 rings (SSSR count). The van der Waals surface area contributed by atoms with Crippen molar-refractivity contribution in [2.24, 2.45) is 0 Å². The van der Waals surface area contributed by atoms with Gasteiger partial charge in [0.2, 0.25) is 0 Å². The van der Waals surface area contributed by atoms with Crippen molar-refractivity contribution < 1.29 is 47.2 Å². The number of aliphatic hydroxyl groups is 1. The van der Waals surface area contributed by atoms with E-state index in [1.807, 2.05) is 27.2 Å². The molecule has 2 atom stereocenters. The van der Waals surface area contributed by atoms with Crippen LogP contribution in [0.15, 0.2) is 72.9 Å². The van der Waals surface area contributed by atoms with E-state index in [4.69, 9.17) is 23.6 Å². The van der Waals surface area contributed by atoms with Gasteiger partial charge in [-0.25, -0.2) is 4.57 Å². The first-order chi connectivity index (χ1) is 28.5. The van der Waals surface area contributed by atoms with Gasteiger partial charge in [-0.15, -0.1) is 0 Å². The van der Waals surface area contributed by atoms with Gasteiger partial charge in [-0.05, 0) is 89.9 Å². The number of ether oxygens (including phenoxy) is 2. The number of carbonyl (C=O) groups is 2. The molecule has 59 heavy (non-hydrogen) atoms. The Labute approximate surface area is 360 Å². The van der Waals surface area contributed by atoms with Crippen LogP contribution in [0.4, 0.5) is 0 Å². The van der Waals surface area contributed by atoms with Gasteiger partial charge in [0, 0.05) is 19.4 Å². The van der Waals surface area contributed by atoms with Gasteiger partial charge in [0.25, 0.3) is 0 Å². The molecule has 1 unspecified atom stereocenters. The van der Waals surface area contributed by atoms with Gasteiger partial charge in [-0.2, -0.15) is 0 Å². The number of hydrogen-bond acceptors (Lipinski definition) is 8. The first kappa shape index (κ1) is 56.4. The van der Waals surface area contributed by atoms with Crippen LogP contribution in [0, 0.1) is 0 Å². The summed E-state index contributed by atoms with van der Waals surface area (Å²) in [7, 11) is 1.41. The minimum absolute atomic E-state index is 0.0117. The maximum absolute atomic E-state index is 12.7. The van der Waals surface area contributed by atoms with E-state index in [0.717, 1.165) is 77.0 Å². The Bertz CT molecular complexity index is 1240. The van der Waals surface area contributed by atoms with E-state index >= 15 is 0 Å². The van der Waals surface area contributed by atoms with Gasteiger partial charge in [0.15, 0.2) is 6.10 Å². The van der Waals surface area contributed by atoms with Crippen LogP contribution in [0.25, 0.3) is 0 Å². The maximum atomic E-state index is 12.7. The average Bonchev–Trinajstić information content (AvgIpc) is 3.19. The predicted octanol–water partition coefficient (Wildman–Crippen LogP) is 12.0. The third kappa shape index (κ3) is 44.8. The van der Waals surface area contributed by atoms with E-state index in [-0.39, 0.29) is 32.7 Å².